The summed E-state index contributed by atoms with van der Waals surface area (Å²) in [7, 11) is 0. The molecule has 0 unspecified atom stereocenters. The Bertz CT molecular complexity index is 3690. The van der Waals surface area contributed by atoms with Crippen LogP contribution in [0.5, 0.6) is 0 Å². The molecule has 12 rings (SSSR count). The van der Waals surface area contributed by atoms with Crippen molar-refractivity contribution in [2.24, 2.45) is 0 Å². The molecule has 0 saturated carbocycles. The van der Waals surface area contributed by atoms with Crippen molar-refractivity contribution >= 4 is 43.1 Å². The quantitative estimate of drug-likeness (QED) is 0.118. The highest BCUT2D eigenvalue weighted by molar-refractivity contribution is 6.23. The number of hydrogen-bond donors (Lipinski definition) is 0. The molecule has 0 bridgehead atoms. The van der Waals surface area contributed by atoms with Gasteiger partial charge in [0.1, 0.15) is 0 Å². The van der Waals surface area contributed by atoms with Crippen LogP contribution >= 0.6 is 0 Å². The van der Waals surface area contributed by atoms with Crippen molar-refractivity contribution in [3.8, 4) is 78.4 Å². The zero-order chi connectivity index (χ0) is 42.4. The van der Waals surface area contributed by atoms with Gasteiger partial charge in [-0.05, 0) is 99.7 Å². The Morgan fingerprint density at radius 2 is 0.719 bits per heavy atom. The lowest BCUT2D eigenvalue weighted by Gasteiger charge is -2.17. The highest BCUT2D eigenvalue weighted by atomic mass is 14.9. The van der Waals surface area contributed by atoms with E-state index in [1.165, 1.54) is 65.3 Å². The molecule has 2 heteroatoms. The van der Waals surface area contributed by atoms with Gasteiger partial charge in [-0.1, -0.05) is 231 Å². The van der Waals surface area contributed by atoms with E-state index in [1.54, 1.807) is 0 Å². The van der Waals surface area contributed by atoms with Crippen LogP contribution in [0.1, 0.15) is 0 Å². The van der Waals surface area contributed by atoms with E-state index in [4.69, 9.17) is 9.97 Å². The van der Waals surface area contributed by atoms with Crippen LogP contribution in [0.25, 0.3) is 122 Å². The smallest absolute Gasteiger partial charge is 0.160 e. The fraction of sp³-hybridized carbons (Fsp3) is 0. The van der Waals surface area contributed by atoms with Gasteiger partial charge in [0, 0.05) is 16.7 Å². The van der Waals surface area contributed by atoms with Crippen molar-refractivity contribution in [3.63, 3.8) is 0 Å². The monoisotopic (exact) mass is 812 g/mol. The van der Waals surface area contributed by atoms with Gasteiger partial charge in [0.05, 0.1) is 11.4 Å². The second kappa shape index (κ2) is 15.8. The number of fused-ring (bicyclic) bond motifs is 5. The first-order valence-corrected chi connectivity index (χ1v) is 21.9. The molecule has 1 heterocycles. The molecular formula is C62H40N2. The molecule has 0 atom stereocenters. The molecule has 0 aliphatic heterocycles. The third-order valence-electron chi connectivity index (χ3n) is 12.7. The number of aromatic nitrogens is 2. The Morgan fingerprint density at radius 1 is 0.219 bits per heavy atom. The summed E-state index contributed by atoms with van der Waals surface area (Å²) >= 11 is 0. The van der Waals surface area contributed by atoms with Gasteiger partial charge < -0.3 is 0 Å². The maximum Gasteiger partial charge on any atom is 0.160 e. The minimum atomic E-state index is 0.704. The summed E-state index contributed by atoms with van der Waals surface area (Å²) in [4.78, 5) is 10.3. The number of nitrogens with zero attached hydrogens (tertiary/aromatic N) is 2. The highest BCUT2D eigenvalue weighted by Crippen LogP contribution is 2.44. The van der Waals surface area contributed by atoms with E-state index in [1.807, 2.05) is 18.2 Å². The van der Waals surface area contributed by atoms with Crippen molar-refractivity contribution in [2.45, 2.75) is 0 Å². The van der Waals surface area contributed by atoms with Crippen molar-refractivity contribution in [1.82, 2.24) is 9.97 Å². The van der Waals surface area contributed by atoms with Crippen LogP contribution in [0.15, 0.2) is 243 Å². The largest absolute Gasteiger partial charge is 0.228 e. The van der Waals surface area contributed by atoms with E-state index < -0.39 is 0 Å². The van der Waals surface area contributed by atoms with Crippen LogP contribution < -0.4 is 0 Å². The molecule has 12 aromatic rings. The first-order chi connectivity index (χ1) is 31.7. The predicted octanol–water partition coefficient (Wildman–Crippen LogP) is 16.8. The van der Waals surface area contributed by atoms with Crippen LogP contribution in [-0.4, -0.2) is 9.97 Å². The second-order valence-corrected chi connectivity index (χ2v) is 16.5. The van der Waals surface area contributed by atoms with Crippen molar-refractivity contribution in [3.05, 3.63) is 243 Å². The highest BCUT2D eigenvalue weighted by Gasteiger charge is 2.18. The van der Waals surface area contributed by atoms with Crippen LogP contribution in [0, 0.1) is 0 Å². The molecule has 2 nitrogen and oxygen atoms in total. The second-order valence-electron chi connectivity index (χ2n) is 16.5. The lowest BCUT2D eigenvalue weighted by atomic mass is 9.86. The van der Waals surface area contributed by atoms with Gasteiger partial charge >= 0.3 is 0 Å². The topological polar surface area (TPSA) is 25.8 Å². The van der Waals surface area contributed by atoms with Crippen molar-refractivity contribution in [2.75, 3.05) is 0 Å². The van der Waals surface area contributed by atoms with Crippen LogP contribution in [0.2, 0.25) is 0 Å². The molecule has 1 aromatic heterocycles. The lowest BCUT2D eigenvalue weighted by molar-refractivity contribution is 1.18. The molecule has 64 heavy (non-hydrogen) atoms. The molecular weight excluding hydrogens is 773 g/mol. The summed E-state index contributed by atoms with van der Waals surface area (Å²) in [5.74, 6) is 0.704. The Hall–Kier alpha value is -8.46. The molecule has 11 aromatic carbocycles. The molecule has 0 saturated heterocycles. The minimum absolute atomic E-state index is 0.704. The average molecular weight is 813 g/mol. The fourth-order valence-electron chi connectivity index (χ4n) is 9.58. The van der Waals surface area contributed by atoms with Crippen molar-refractivity contribution in [1.29, 1.82) is 0 Å². The fourth-order valence-corrected chi connectivity index (χ4v) is 9.58. The zero-order valence-electron chi connectivity index (χ0n) is 35.0. The summed E-state index contributed by atoms with van der Waals surface area (Å²) in [6.07, 6.45) is 0. The third kappa shape index (κ3) is 6.61. The Balaban J connectivity index is 0.900. The normalized spacial score (nSPS) is 11.4. The number of benzene rings is 11. The van der Waals surface area contributed by atoms with E-state index in [0.29, 0.717) is 5.82 Å². The molecule has 0 aliphatic rings. The molecule has 0 spiro atoms. The van der Waals surface area contributed by atoms with Crippen LogP contribution in [0.3, 0.4) is 0 Å². The first-order valence-electron chi connectivity index (χ1n) is 21.9. The molecule has 0 N–H and O–H groups in total. The van der Waals surface area contributed by atoms with Crippen LogP contribution in [-0.2, 0) is 0 Å². The molecule has 298 valence electrons. The maximum absolute atomic E-state index is 5.15. The van der Waals surface area contributed by atoms with Gasteiger partial charge in [-0.2, -0.15) is 0 Å². The van der Waals surface area contributed by atoms with E-state index >= 15 is 0 Å². The predicted molar refractivity (Wildman–Crippen MR) is 270 cm³/mol. The van der Waals surface area contributed by atoms with Gasteiger partial charge in [-0.3, -0.25) is 0 Å². The maximum atomic E-state index is 5.15. The molecule has 0 radical (unpaired) electrons. The minimum Gasteiger partial charge on any atom is -0.228 e. The molecule has 0 aliphatic carbocycles. The first kappa shape index (κ1) is 37.3. The van der Waals surface area contributed by atoms with E-state index in [0.717, 1.165) is 50.3 Å². The third-order valence-corrected chi connectivity index (χ3v) is 12.7. The number of rotatable bonds is 7. The summed E-state index contributed by atoms with van der Waals surface area (Å²) in [5.41, 5.74) is 14.4. The van der Waals surface area contributed by atoms with E-state index in [-0.39, 0.29) is 0 Å². The molecule has 0 fully saturated rings. The van der Waals surface area contributed by atoms with Gasteiger partial charge in [-0.25, -0.2) is 9.97 Å². The Kier molecular flexibility index (Phi) is 9.20. The zero-order valence-corrected chi connectivity index (χ0v) is 35.0. The van der Waals surface area contributed by atoms with Gasteiger partial charge in [0.15, 0.2) is 5.82 Å². The van der Waals surface area contributed by atoms with E-state index in [9.17, 15) is 0 Å². The SMILES string of the molecule is c1ccc(-c2nc(-c3ccc(-c4ccc(-c5ccc(-c6c7ccccc7cc7c6ccc6ccccc67)c6ccccc56)cc4)cc3)cc(-c3ccccc3-c3ccccc3)n2)cc1. The van der Waals surface area contributed by atoms with E-state index in [2.05, 4.69) is 224 Å². The average Bonchev–Trinajstić information content (AvgIpc) is 3.38. The summed E-state index contributed by atoms with van der Waals surface area (Å²) in [6, 6.07) is 87.2. The van der Waals surface area contributed by atoms with Crippen molar-refractivity contribution < 1.29 is 0 Å². The van der Waals surface area contributed by atoms with Gasteiger partial charge in [0.2, 0.25) is 0 Å². The van der Waals surface area contributed by atoms with Gasteiger partial charge in [0.25, 0.3) is 0 Å². The Morgan fingerprint density at radius 3 is 1.44 bits per heavy atom. The molecule has 0 amide bonds. The summed E-state index contributed by atoms with van der Waals surface area (Å²) in [6.45, 7) is 0. The summed E-state index contributed by atoms with van der Waals surface area (Å²) < 4.78 is 0. The summed E-state index contributed by atoms with van der Waals surface area (Å²) in [5, 5.41) is 10.1. The van der Waals surface area contributed by atoms with Crippen LogP contribution in [0.4, 0.5) is 0 Å². The Labute approximate surface area is 372 Å². The lowest BCUT2D eigenvalue weighted by Crippen LogP contribution is -1.97. The number of hydrogen-bond acceptors (Lipinski definition) is 2. The standard InChI is InChI=1S/C62H40N2/c1-3-15-43(16-4-1)49-21-11-14-26-55(49)60-40-59(63-62(64-60)47-18-5-2-6-19-47)46-33-29-42(30-34-46)41-27-31-45(32-28-41)51-37-38-56(54-25-13-12-24-53(51)54)61-52-23-10-8-20-48(52)39-58-50-22-9-7-17-44(50)35-36-57(58)61/h1-40H. The van der Waals surface area contributed by atoms with Gasteiger partial charge in [-0.15, -0.1) is 0 Å².